The molecule has 0 saturated heterocycles. The number of nitrogens with one attached hydrogen (secondary N) is 2. The lowest BCUT2D eigenvalue weighted by atomic mass is 10.1. The lowest BCUT2D eigenvalue weighted by Gasteiger charge is -2.14. The number of halogens is 1. The van der Waals surface area contributed by atoms with Gasteiger partial charge in [-0.05, 0) is 37.5 Å². The number of nitrogens with zero attached hydrogens (tertiary/aromatic N) is 3. The monoisotopic (exact) mass is 467 g/mol. The highest BCUT2D eigenvalue weighted by atomic mass is 35.5. The van der Waals surface area contributed by atoms with Crippen LogP contribution in [0.25, 0.3) is 17.0 Å². The Morgan fingerprint density at radius 3 is 2.75 bits per heavy atom. The van der Waals surface area contributed by atoms with Gasteiger partial charge in [0.15, 0.2) is 16.6 Å². The SMILES string of the molecule is C[C@@H](CCc1ccccc1)NC(=O)CSc1nc(-c2cccc(Cl)c2)nc2cc(=O)[nH]n12. The molecular formula is C23H22ClN5O2S. The highest BCUT2D eigenvalue weighted by molar-refractivity contribution is 7.99. The van der Waals surface area contributed by atoms with E-state index < -0.39 is 0 Å². The third kappa shape index (κ3) is 5.57. The third-order valence-corrected chi connectivity index (χ3v) is 6.03. The molecule has 164 valence electrons. The number of aromatic nitrogens is 4. The first kappa shape index (κ1) is 22.1. The van der Waals surface area contributed by atoms with Crippen LogP contribution in [0.1, 0.15) is 18.9 Å². The molecule has 0 aliphatic rings. The fraction of sp³-hybridized carbons (Fsp3) is 0.217. The van der Waals surface area contributed by atoms with E-state index in [1.54, 1.807) is 12.1 Å². The summed E-state index contributed by atoms with van der Waals surface area (Å²) >= 11 is 7.34. The fourth-order valence-electron chi connectivity index (χ4n) is 3.28. The molecule has 4 aromatic rings. The van der Waals surface area contributed by atoms with Crippen molar-refractivity contribution < 1.29 is 4.79 Å². The Bertz CT molecular complexity index is 1290. The molecule has 32 heavy (non-hydrogen) atoms. The number of rotatable bonds is 8. The molecule has 0 radical (unpaired) electrons. The van der Waals surface area contributed by atoms with Crippen LogP contribution in [0.2, 0.25) is 5.02 Å². The molecule has 0 unspecified atom stereocenters. The molecule has 2 N–H and O–H groups in total. The van der Waals surface area contributed by atoms with Gasteiger partial charge in [-0.25, -0.2) is 14.5 Å². The number of aromatic amines is 1. The summed E-state index contributed by atoms with van der Waals surface area (Å²) in [6.07, 6.45) is 1.75. The lowest BCUT2D eigenvalue weighted by molar-refractivity contribution is -0.119. The van der Waals surface area contributed by atoms with Crippen LogP contribution in [0.4, 0.5) is 0 Å². The molecular weight excluding hydrogens is 446 g/mol. The van der Waals surface area contributed by atoms with E-state index >= 15 is 0 Å². The molecule has 9 heteroatoms. The molecule has 0 aliphatic carbocycles. The second kappa shape index (κ2) is 10.0. The van der Waals surface area contributed by atoms with Gasteiger partial charge in [0.2, 0.25) is 5.91 Å². The van der Waals surface area contributed by atoms with E-state index in [9.17, 15) is 9.59 Å². The van der Waals surface area contributed by atoms with E-state index in [0.717, 1.165) is 18.4 Å². The van der Waals surface area contributed by atoms with Gasteiger partial charge in [-0.2, -0.15) is 0 Å². The number of H-pyrrole nitrogens is 1. The van der Waals surface area contributed by atoms with E-state index in [2.05, 4.69) is 32.5 Å². The van der Waals surface area contributed by atoms with Gasteiger partial charge < -0.3 is 5.32 Å². The van der Waals surface area contributed by atoms with E-state index in [0.29, 0.717) is 21.7 Å². The Morgan fingerprint density at radius 2 is 1.97 bits per heavy atom. The van der Waals surface area contributed by atoms with Crippen LogP contribution in [0, 0.1) is 0 Å². The van der Waals surface area contributed by atoms with Crippen LogP contribution >= 0.6 is 23.4 Å². The van der Waals surface area contributed by atoms with Crippen molar-refractivity contribution in [2.45, 2.75) is 31.0 Å². The first-order valence-electron chi connectivity index (χ1n) is 10.2. The van der Waals surface area contributed by atoms with Crippen LogP contribution in [0.15, 0.2) is 70.6 Å². The van der Waals surface area contributed by atoms with Crippen LogP contribution in [-0.4, -0.2) is 37.3 Å². The van der Waals surface area contributed by atoms with Crippen molar-refractivity contribution in [1.82, 2.24) is 24.9 Å². The summed E-state index contributed by atoms with van der Waals surface area (Å²) in [4.78, 5) is 33.4. The minimum atomic E-state index is -0.289. The zero-order valence-electron chi connectivity index (χ0n) is 17.4. The third-order valence-electron chi connectivity index (χ3n) is 4.86. The highest BCUT2D eigenvalue weighted by Gasteiger charge is 2.14. The molecule has 1 amide bonds. The maximum absolute atomic E-state index is 12.5. The summed E-state index contributed by atoms with van der Waals surface area (Å²) in [6, 6.07) is 18.8. The quantitative estimate of drug-likeness (QED) is 0.382. The number of hydrogen-bond acceptors (Lipinski definition) is 5. The fourth-order valence-corrected chi connectivity index (χ4v) is 4.24. The summed E-state index contributed by atoms with van der Waals surface area (Å²) < 4.78 is 1.49. The largest absolute Gasteiger partial charge is 0.353 e. The van der Waals surface area contributed by atoms with Gasteiger partial charge in [0.05, 0.1) is 5.75 Å². The topological polar surface area (TPSA) is 92.2 Å². The Morgan fingerprint density at radius 1 is 1.16 bits per heavy atom. The van der Waals surface area contributed by atoms with Crippen molar-refractivity contribution in [3.8, 4) is 11.4 Å². The Balaban J connectivity index is 1.44. The molecule has 2 heterocycles. The first-order chi connectivity index (χ1) is 15.5. The van der Waals surface area contributed by atoms with Crippen LogP contribution < -0.4 is 10.9 Å². The molecule has 7 nitrogen and oxygen atoms in total. The maximum atomic E-state index is 12.5. The molecule has 0 bridgehead atoms. The summed E-state index contributed by atoms with van der Waals surface area (Å²) in [5, 5.41) is 6.74. The van der Waals surface area contributed by atoms with Gasteiger partial charge in [-0.3, -0.25) is 14.7 Å². The minimum absolute atomic E-state index is 0.0436. The van der Waals surface area contributed by atoms with Crippen LogP contribution in [0.5, 0.6) is 0 Å². The van der Waals surface area contributed by atoms with Gasteiger partial charge in [-0.1, -0.05) is 65.8 Å². The molecule has 2 aromatic heterocycles. The summed E-state index contributed by atoms with van der Waals surface area (Å²) in [5.74, 6) is 0.503. The average Bonchev–Trinajstić information content (AvgIpc) is 3.17. The molecule has 4 rings (SSSR count). The van der Waals surface area contributed by atoms with Gasteiger partial charge in [-0.15, -0.1) is 0 Å². The molecule has 0 spiro atoms. The summed E-state index contributed by atoms with van der Waals surface area (Å²) in [5.41, 5.74) is 2.12. The van der Waals surface area contributed by atoms with Gasteiger partial charge in [0, 0.05) is 22.7 Å². The zero-order valence-corrected chi connectivity index (χ0v) is 19.0. The number of benzene rings is 2. The molecule has 0 fully saturated rings. The Hall–Kier alpha value is -3.10. The van der Waals surface area contributed by atoms with Crippen molar-refractivity contribution in [2.24, 2.45) is 0 Å². The smallest absolute Gasteiger partial charge is 0.266 e. The minimum Gasteiger partial charge on any atom is -0.353 e. The van der Waals surface area contributed by atoms with Crippen LogP contribution in [0.3, 0.4) is 0 Å². The van der Waals surface area contributed by atoms with Crippen molar-refractivity contribution in [1.29, 1.82) is 0 Å². The second-order valence-corrected chi connectivity index (χ2v) is 8.81. The first-order valence-corrected chi connectivity index (χ1v) is 11.6. The van der Waals surface area contributed by atoms with E-state index in [4.69, 9.17) is 11.6 Å². The number of amides is 1. The Kier molecular flexibility index (Phi) is 6.92. The van der Waals surface area contributed by atoms with Crippen molar-refractivity contribution in [3.63, 3.8) is 0 Å². The van der Waals surface area contributed by atoms with E-state index in [1.165, 1.54) is 27.9 Å². The normalized spacial score (nSPS) is 12.1. The van der Waals surface area contributed by atoms with E-state index in [1.807, 2.05) is 37.3 Å². The standard InChI is InChI=1S/C23H22ClN5O2S/c1-15(10-11-16-6-3-2-4-7-16)25-21(31)14-32-23-27-22(17-8-5-9-18(24)12-17)26-19-13-20(30)28-29(19)23/h2-9,12-13,15H,10-11,14H2,1H3,(H,25,31)(H,28,30)/t15-/m0/s1. The molecule has 2 aromatic carbocycles. The number of thioether (sulfide) groups is 1. The summed E-state index contributed by atoms with van der Waals surface area (Å²) in [6.45, 7) is 2.00. The van der Waals surface area contributed by atoms with Gasteiger partial charge in [0.1, 0.15) is 0 Å². The molecule has 1 atom stereocenters. The van der Waals surface area contributed by atoms with Gasteiger partial charge >= 0.3 is 0 Å². The maximum Gasteiger partial charge on any atom is 0.266 e. The Labute approximate surface area is 194 Å². The number of carbonyl (C=O) groups is 1. The lowest BCUT2D eigenvalue weighted by Crippen LogP contribution is -2.34. The zero-order chi connectivity index (χ0) is 22.5. The molecule has 0 saturated carbocycles. The predicted molar refractivity (Wildman–Crippen MR) is 127 cm³/mol. The van der Waals surface area contributed by atoms with Crippen molar-refractivity contribution >= 4 is 34.9 Å². The summed E-state index contributed by atoms with van der Waals surface area (Å²) in [7, 11) is 0. The highest BCUT2D eigenvalue weighted by Crippen LogP contribution is 2.23. The van der Waals surface area contributed by atoms with Crippen molar-refractivity contribution in [3.05, 3.63) is 81.6 Å². The van der Waals surface area contributed by atoms with E-state index in [-0.39, 0.29) is 23.3 Å². The number of fused-ring (bicyclic) bond motifs is 1. The number of aryl methyl sites for hydroxylation is 1. The average molecular weight is 468 g/mol. The van der Waals surface area contributed by atoms with Crippen molar-refractivity contribution in [2.75, 3.05) is 5.75 Å². The second-order valence-electron chi connectivity index (χ2n) is 7.44. The predicted octanol–water partition coefficient (Wildman–Crippen LogP) is 3.97. The van der Waals surface area contributed by atoms with Gasteiger partial charge in [0.25, 0.3) is 5.56 Å². The molecule has 0 aliphatic heterocycles. The number of carbonyl (C=O) groups excluding carboxylic acids is 1. The van der Waals surface area contributed by atoms with Crippen LogP contribution in [-0.2, 0) is 11.2 Å². The number of hydrogen-bond donors (Lipinski definition) is 2.